The Hall–Kier alpha value is -0.000000000000000111. The zero-order valence-corrected chi connectivity index (χ0v) is 10.4. The number of rotatable bonds is 0. The van der Waals surface area contributed by atoms with Gasteiger partial charge in [0.1, 0.15) is 10.8 Å². The van der Waals surface area contributed by atoms with Crippen LogP contribution in [0.25, 0.3) is 11.0 Å². The van der Waals surface area contributed by atoms with Gasteiger partial charge < -0.3 is 4.57 Å². The van der Waals surface area contributed by atoms with Crippen molar-refractivity contribution in [2.45, 2.75) is 0 Å². The molecule has 0 aliphatic carbocycles. The molecule has 2 aromatic rings. The second-order valence-corrected chi connectivity index (χ2v) is 4.67. The monoisotopic (exact) mass is 326 g/mol. The quantitative estimate of drug-likeness (QED) is 0.535. The molecule has 0 saturated heterocycles. The molecule has 2 heterocycles. The molecule has 0 saturated carbocycles. The van der Waals surface area contributed by atoms with Crippen molar-refractivity contribution in [1.29, 1.82) is 0 Å². The Morgan fingerprint density at radius 1 is 1.46 bits per heavy atom. The van der Waals surface area contributed by atoms with Crippen LogP contribution in [0.4, 0.5) is 0 Å². The van der Waals surface area contributed by atoms with Crippen LogP contribution in [0, 0.1) is 3.57 Å². The number of hydrogen-bond acceptors (Lipinski definition) is 1. The molecule has 0 amide bonds. The molecule has 0 unspecified atom stereocenters. The maximum absolute atomic E-state index is 6.04. The van der Waals surface area contributed by atoms with Crippen molar-refractivity contribution in [1.82, 2.24) is 9.55 Å². The largest absolute Gasteiger partial charge is 0.334 e. The van der Waals surface area contributed by atoms with Crippen molar-refractivity contribution < 1.29 is 0 Å². The van der Waals surface area contributed by atoms with Crippen molar-refractivity contribution >= 4 is 56.8 Å². The zero-order valence-electron chi connectivity index (χ0n) is 6.68. The molecule has 2 rings (SSSR count). The molecule has 2 aromatic heterocycles. The maximum atomic E-state index is 6.04. The summed E-state index contributed by atoms with van der Waals surface area (Å²) in [5.41, 5.74) is 0.821. The van der Waals surface area contributed by atoms with Crippen molar-refractivity contribution in [3.63, 3.8) is 0 Å². The van der Waals surface area contributed by atoms with E-state index in [0.717, 1.165) is 14.6 Å². The number of fused-ring (bicyclic) bond motifs is 1. The van der Waals surface area contributed by atoms with E-state index in [-0.39, 0.29) is 0 Å². The van der Waals surface area contributed by atoms with Gasteiger partial charge in [0.05, 0.1) is 10.4 Å². The van der Waals surface area contributed by atoms with Gasteiger partial charge in [0.25, 0.3) is 0 Å². The molecule has 0 aromatic carbocycles. The highest BCUT2D eigenvalue weighted by atomic mass is 127. The fourth-order valence-corrected chi connectivity index (χ4v) is 2.89. The third-order valence-corrected chi connectivity index (χ3v) is 3.11. The highest BCUT2D eigenvalue weighted by molar-refractivity contribution is 14.1. The first kappa shape index (κ1) is 9.55. The molecule has 0 aliphatic heterocycles. The van der Waals surface area contributed by atoms with Gasteiger partial charge in [0.2, 0.25) is 0 Å². The maximum Gasteiger partial charge on any atom is 0.144 e. The van der Waals surface area contributed by atoms with Crippen LogP contribution in [-0.2, 0) is 7.05 Å². The van der Waals surface area contributed by atoms with E-state index < -0.39 is 0 Å². The summed E-state index contributed by atoms with van der Waals surface area (Å²) in [6.07, 6.45) is 1.97. The summed E-state index contributed by atoms with van der Waals surface area (Å²) in [6.45, 7) is 0. The fourth-order valence-electron chi connectivity index (χ4n) is 1.24. The highest BCUT2D eigenvalue weighted by Gasteiger charge is 2.10. The Balaban J connectivity index is 2.97. The predicted octanol–water partition coefficient (Wildman–Crippen LogP) is 3.48. The van der Waals surface area contributed by atoms with Crippen LogP contribution < -0.4 is 0 Å². The molecule has 13 heavy (non-hydrogen) atoms. The Morgan fingerprint density at radius 3 is 2.85 bits per heavy atom. The van der Waals surface area contributed by atoms with Crippen molar-refractivity contribution in [3.8, 4) is 0 Å². The number of hydrogen-bond donors (Lipinski definition) is 0. The Bertz CT molecular complexity index is 478. The third kappa shape index (κ3) is 1.53. The van der Waals surface area contributed by atoms with Gasteiger partial charge in [-0.05, 0) is 28.7 Å². The number of aromatic nitrogens is 2. The Labute approximate surface area is 99.0 Å². The summed E-state index contributed by atoms with van der Waals surface area (Å²) in [4.78, 5) is 4.20. The average Bonchev–Trinajstić information content (AvgIpc) is 2.27. The first-order chi connectivity index (χ1) is 6.09. The summed E-state index contributed by atoms with van der Waals surface area (Å²) in [5.74, 6) is 0. The third-order valence-electron chi connectivity index (χ3n) is 1.80. The van der Waals surface area contributed by atoms with Crippen LogP contribution in [0.15, 0.2) is 12.3 Å². The molecule has 0 N–H and O–H groups in total. The van der Waals surface area contributed by atoms with Crippen LogP contribution in [0.1, 0.15) is 0 Å². The molecule has 0 spiro atoms. The van der Waals surface area contributed by atoms with Gasteiger partial charge in [0.15, 0.2) is 0 Å². The summed E-state index contributed by atoms with van der Waals surface area (Å²) in [7, 11) is 1.92. The summed E-state index contributed by atoms with van der Waals surface area (Å²) >= 11 is 14.1. The molecule has 0 aliphatic rings. The van der Waals surface area contributed by atoms with Gasteiger partial charge >= 0.3 is 0 Å². The van der Waals surface area contributed by atoms with Crippen molar-refractivity contribution in [3.05, 3.63) is 26.0 Å². The van der Waals surface area contributed by atoms with E-state index in [9.17, 15) is 0 Å². The lowest BCUT2D eigenvalue weighted by Crippen LogP contribution is -1.87. The van der Waals surface area contributed by atoms with Crippen LogP contribution in [0.5, 0.6) is 0 Å². The summed E-state index contributed by atoms with van der Waals surface area (Å²) in [6, 6.07) is 1.66. The van der Waals surface area contributed by atoms with Gasteiger partial charge in [-0.25, -0.2) is 4.98 Å². The standard InChI is InChI=1S/C8H5Cl2IN2/c1-13-3-5(11)7-4(9)2-6(10)12-8(7)13/h2-3H,1H3. The van der Waals surface area contributed by atoms with Gasteiger partial charge in [-0.3, -0.25) is 0 Å². The van der Waals surface area contributed by atoms with E-state index in [4.69, 9.17) is 23.2 Å². The number of pyridine rings is 1. The van der Waals surface area contributed by atoms with Gasteiger partial charge in [-0.15, -0.1) is 0 Å². The Morgan fingerprint density at radius 2 is 2.15 bits per heavy atom. The molecule has 0 radical (unpaired) electrons. The van der Waals surface area contributed by atoms with Gasteiger partial charge in [-0.2, -0.15) is 0 Å². The summed E-state index contributed by atoms with van der Waals surface area (Å²) in [5, 5.41) is 2.05. The lowest BCUT2D eigenvalue weighted by molar-refractivity contribution is 0.946. The molecule has 68 valence electrons. The number of nitrogens with zero attached hydrogens (tertiary/aromatic N) is 2. The lowest BCUT2D eigenvalue weighted by atomic mass is 10.3. The minimum absolute atomic E-state index is 0.426. The second kappa shape index (κ2) is 3.29. The van der Waals surface area contributed by atoms with Crippen LogP contribution >= 0.6 is 45.8 Å². The van der Waals surface area contributed by atoms with E-state index in [1.165, 1.54) is 0 Å². The van der Waals surface area contributed by atoms with Gasteiger partial charge in [-0.1, -0.05) is 23.2 Å². The van der Waals surface area contributed by atoms with Crippen LogP contribution in [-0.4, -0.2) is 9.55 Å². The lowest BCUT2D eigenvalue weighted by Gasteiger charge is -1.97. The normalized spacial score (nSPS) is 11.1. The van der Waals surface area contributed by atoms with Gasteiger partial charge in [0, 0.05) is 16.8 Å². The Kier molecular flexibility index (Phi) is 2.42. The average molecular weight is 327 g/mol. The fraction of sp³-hybridized carbons (Fsp3) is 0.125. The smallest absolute Gasteiger partial charge is 0.144 e. The second-order valence-electron chi connectivity index (χ2n) is 2.71. The van der Waals surface area contributed by atoms with Crippen molar-refractivity contribution in [2.75, 3.05) is 0 Å². The first-order valence-corrected chi connectivity index (χ1v) is 5.39. The van der Waals surface area contributed by atoms with E-state index in [1.807, 2.05) is 17.8 Å². The molecular formula is C8H5Cl2IN2. The zero-order chi connectivity index (χ0) is 9.59. The molecule has 5 heteroatoms. The molecule has 0 bridgehead atoms. The molecular weight excluding hydrogens is 322 g/mol. The molecule has 0 fully saturated rings. The number of aryl methyl sites for hydroxylation is 1. The summed E-state index contributed by atoms with van der Waals surface area (Å²) < 4.78 is 3.00. The molecule has 2 nitrogen and oxygen atoms in total. The first-order valence-electron chi connectivity index (χ1n) is 3.56. The topological polar surface area (TPSA) is 17.8 Å². The molecule has 0 atom stereocenters. The minimum Gasteiger partial charge on any atom is -0.334 e. The predicted molar refractivity (Wildman–Crippen MR) is 63.5 cm³/mol. The highest BCUT2D eigenvalue weighted by Crippen LogP contribution is 2.29. The van der Waals surface area contributed by atoms with E-state index >= 15 is 0 Å². The number of halogens is 3. The van der Waals surface area contributed by atoms with E-state index in [0.29, 0.717) is 10.2 Å². The van der Waals surface area contributed by atoms with Crippen LogP contribution in [0.2, 0.25) is 10.2 Å². The SMILES string of the molecule is Cn1cc(I)c2c(Cl)cc(Cl)nc21. The van der Waals surface area contributed by atoms with E-state index in [2.05, 4.69) is 27.6 Å². The minimum atomic E-state index is 0.426. The van der Waals surface area contributed by atoms with E-state index in [1.54, 1.807) is 6.07 Å². The van der Waals surface area contributed by atoms with Crippen LogP contribution in [0.3, 0.4) is 0 Å². The van der Waals surface area contributed by atoms with Crippen molar-refractivity contribution in [2.24, 2.45) is 7.05 Å².